The van der Waals surface area contributed by atoms with Crippen molar-refractivity contribution in [3.63, 3.8) is 0 Å². The number of nitrogens with two attached hydrogens (primary N) is 1. The lowest BCUT2D eigenvalue weighted by atomic mass is 10.1. The van der Waals surface area contributed by atoms with E-state index in [9.17, 15) is 4.79 Å². The number of hydrogen-bond acceptors (Lipinski definition) is 2. The summed E-state index contributed by atoms with van der Waals surface area (Å²) in [6, 6.07) is 0.351. The Morgan fingerprint density at radius 2 is 1.88 bits per heavy atom. The van der Waals surface area contributed by atoms with Crippen LogP contribution in [-0.2, 0) is 4.79 Å². The van der Waals surface area contributed by atoms with Gasteiger partial charge in [0.1, 0.15) is 0 Å². The fourth-order valence-electron chi connectivity index (χ4n) is 1.63. The molecule has 0 fully saturated rings. The Morgan fingerprint density at radius 1 is 1.25 bits per heavy atom. The zero-order chi connectivity index (χ0) is 12.6. The number of rotatable bonds is 8. The summed E-state index contributed by atoms with van der Waals surface area (Å²) in [6.07, 6.45) is 4.58. The molecule has 2 N–H and O–H groups in total. The fourth-order valence-corrected chi connectivity index (χ4v) is 1.63. The van der Waals surface area contributed by atoms with Crippen LogP contribution >= 0.6 is 0 Å². The summed E-state index contributed by atoms with van der Waals surface area (Å²) in [7, 11) is 0. The standard InChI is InChI=1S/C13H28N2O/c1-5-8-9-15(11(4)6-2)13(16)10-12(14)7-3/h11-12H,5-10,14H2,1-4H3. The smallest absolute Gasteiger partial charge is 0.224 e. The van der Waals surface area contributed by atoms with E-state index in [0.717, 1.165) is 32.2 Å². The monoisotopic (exact) mass is 228 g/mol. The van der Waals surface area contributed by atoms with Crippen molar-refractivity contribution in [3.05, 3.63) is 0 Å². The highest BCUT2D eigenvalue weighted by molar-refractivity contribution is 5.77. The third-order valence-corrected chi connectivity index (χ3v) is 3.16. The van der Waals surface area contributed by atoms with Gasteiger partial charge in [-0.1, -0.05) is 27.2 Å². The Labute approximate surface area is 100 Å². The van der Waals surface area contributed by atoms with Crippen molar-refractivity contribution in [1.29, 1.82) is 0 Å². The van der Waals surface area contributed by atoms with E-state index in [1.807, 2.05) is 11.8 Å². The maximum atomic E-state index is 12.1. The molecule has 0 aromatic carbocycles. The van der Waals surface area contributed by atoms with Crippen LogP contribution in [0.4, 0.5) is 0 Å². The third kappa shape index (κ3) is 5.50. The average molecular weight is 228 g/mol. The maximum Gasteiger partial charge on any atom is 0.224 e. The Bertz CT molecular complexity index is 194. The van der Waals surface area contributed by atoms with Gasteiger partial charge in [0.15, 0.2) is 0 Å². The molecule has 0 radical (unpaired) electrons. The number of carbonyl (C=O) groups excluding carboxylic acids is 1. The molecule has 96 valence electrons. The van der Waals surface area contributed by atoms with Crippen molar-refractivity contribution in [2.24, 2.45) is 5.73 Å². The zero-order valence-corrected chi connectivity index (χ0v) is 11.3. The molecule has 0 aliphatic rings. The van der Waals surface area contributed by atoms with Gasteiger partial charge >= 0.3 is 0 Å². The second-order valence-corrected chi connectivity index (χ2v) is 4.57. The second-order valence-electron chi connectivity index (χ2n) is 4.57. The largest absolute Gasteiger partial charge is 0.340 e. The Balaban J connectivity index is 4.31. The van der Waals surface area contributed by atoms with Crippen molar-refractivity contribution in [1.82, 2.24) is 4.90 Å². The van der Waals surface area contributed by atoms with Crippen molar-refractivity contribution >= 4 is 5.91 Å². The summed E-state index contributed by atoms with van der Waals surface area (Å²) >= 11 is 0. The van der Waals surface area contributed by atoms with Gasteiger partial charge in [-0.2, -0.15) is 0 Å². The summed E-state index contributed by atoms with van der Waals surface area (Å²) in [5, 5.41) is 0. The van der Waals surface area contributed by atoms with Gasteiger partial charge in [-0.25, -0.2) is 0 Å². The Hall–Kier alpha value is -0.570. The van der Waals surface area contributed by atoms with Crippen molar-refractivity contribution in [2.75, 3.05) is 6.54 Å². The summed E-state index contributed by atoms with van der Waals surface area (Å²) in [5.74, 6) is 0.220. The normalized spacial score (nSPS) is 14.6. The highest BCUT2D eigenvalue weighted by Gasteiger charge is 2.19. The Morgan fingerprint density at radius 3 is 2.31 bits per heavy atom. The SMILES string of the molecule is CCCCN(C(=O)CC(N)CC)C(C)CC. The van der Waals surface area contributed by atoms with E-state index >= 15 is 0 Å². The number of nitrogens with zero attached hydrogens (tertiary/aromatic N) is 1. The molecule has 0 saturated carbocycles. The van der Waals surface area contributed by atoms with Gasteiger partial charge in [0.25, 0.3) is 0 Å². The van der Waals surface area contributed by atoms with E-state index in [0.29, 0.717) is 12.5 Å². The maximum absolute atomic E-state index is 12.1. The number of carbonyl (C=O) groups is 1. The molecule has 0 aliphatic heterocycles. The summed E-state index contributed by atoms with van der Waals surface area (Å²) in [6.45, 7) is 9.29. The van der Waals surface area contributed by atoms with Gasteiger partial charge in [-0.3, -0.25) is 4.79 Å². The summed E-state index contributed by atoms with van der Waals surface area (Å²) in [4.78, 5) is 14.1. The molecule has 0 heterocycles. The number of hydrogen-bond donors (Lipinski definition) is 1. The van der Waals surface area contributed by atoms with Crippen molar-refractivity contribution in [2.45, 2.75) is 71.9 Å². The van der Waals surface area contributed by atoms with Crippen LogP contribution < -0.4 is 5.73 Å². The van der Waals surface area contributed by atoms with Crippen LogP contribution in [0.3, 0.4) is 0 Å². The van der Waals surface area contributed by atoms with Crippen LogP contribution in [0.15, 0.2) is 0 Å². The molecule has 1 amide bonds. The zero-order valence-electron chi connectivity index (χ0n) is 11.3. The van der Waals surface area contributed by atoms with Crippen molar-refractivity contribution in [3.8, 4) is 0 Å². The van der Waals surface area contributed by atoms with Gasteiger partial charge in [0, 0.05) is 25.0 Å². The van der Waals surface area contributed by atoms with Gasteiger partial charge in [-0.05, 0) is 26.2 Å². The predicted molar refractivity (Wildman–Crippen MR) is 69.3 cm³/mol. The van der Waals surface area contributed by atoms with E-state index in [2.05, 4.69) is 20.8 Å². The minimum absolute atomic E-state index is 0.0145. The van der Waals surface area contributed by atoms with E-state index in [-0.39, 0.29) is 11.9 Å². The van der Waals surface area contributed by atoms with Crippen LogP contribution in [0.5, 0.6) is 0 Å². The minimum Gasteiger partial charge on any atom is -0.340 e. The van der Waals surface area contributed by atoms with Gasteiger partial charge in [0.2, 0.25) is 5.91 Å². The lowest BCUT2D eigenvalue weighted by Gasteiger charge is -2.29. The molecule has 0 aromatic rings. The third-order valence-electron chi connectivity index (χ3n) is 3.16. The second kappa shape index (κ2) is 8.57. The first-order valence-electron chi connectivity index (χ1n) is 6.61. The molecule has 0 spiro atoms. The molecule has 0 saturated heterocycles. The average Bonchev–Trinajstić information content (AvgIpc) is 2.28. The number of amides is 1. The summed E-state index contributed by atoms with van der Waals surface area (Å²) < 4.78 is 0. The van der Waals surface area contributed by atoms with Crippen LogP contribution in [-0.4, -0.2) is 29.4 Å². The first-order chi connectivity index (χ1) is 7.56. The fraction of sp³-hybridized carbons (Fsp3) is 0.923. The van der Waals surface area contributed by atoms with E-state index in [4.69, 9.17) is 5.73 Å². The molecule has 2 unspecified atom stereocenters. The molecule has 0 rings (SSSR count). The van der Waals surface area contributed by atoms with Gasteiger partial charge in [-0.15, -0.1) is 0 Å². The van der Waals surface area contributed by atoms with Gasteiger partial charge in [0.05, 0.1) is 0 Å². The highest BCUT2D eigenvalue weighted by Crippen LogP contribution is 2.09. The minimum atomic E-state index is 0.0145. The van der Waals surface area contributed by atoms with Crippen LogP contribution in [0.25, 0.3) is 0 Å². The lowest BCUT2D eigenvalue weighted by molar-refractivity contribution is -0.133. The molecule has 16 heavy (non-hydrogen) atoms. The topological polar surface area (TPSA) is 46.3 Å². The van der Waals surface area contributed by atoms with Gasteiger partial charge < -0.3 is 10.6 Å². The van der Waals surface area contributed by atoms with Crippen LogP contribution in [0.2, 0.25) is 0 Å². The highest BCUT2D eigenvalue weighted by atomic mass is 16.2. The van der Waals surface area contributed by atoms with Crippen LogP contribution in [0, 0.1) is 0 Å². The predicted octanol–water partition coefficient (Wildman–Crippen LogP) is 2.54. The molecular formula is C13H28N2O. The van der Waals surface area contributed by atoms with E-state index in [1.165, 1.54) is 0 Å². The van der Waals surface area contributed by atoms with Crippen molar-refractivity contribution < 1.29 is 4.79 Å². The molecule has 0 bridgehead atoms. The van der Waals surface area contributed by atoms with Crippen LogP contribution in [0.1, 0.15) is 59.8 Å². The molecule has 3 heteroatoms. The molecular weight excluding hydrogens is 200 g/mol. The molecule has 2 atom stereocenters. The Kier molecular flexibility index (Phi) is 8.26. The van der Waals surface area contributed by atoms with E-state index < -0.39 is 0 Å². The molecule has 3 nitrogen and oxygen atoms in total. The number of unbranched alkanes of at least 4 members (excludes halogenated alkanes) is 1. The van der Waals surface area contributed by atoms with E-state index in [1.54, 1.807) is 0 Å². The first kappa shape index (κ1) is 15.4. The first-order valence-corrected chi connectivity index (χ1v) is 6.61. The lowest BCUT2D eigenvalue weighted by Crippen LogP contribution is -2.41. The molecule has 0 aliphatic carbocycles. The summed E-state index contributed by atoms with van der Waals surface area (Å²) in [5.41, 5.74) is 5.83. The molecule has 0 aromatic heterocycles. The quantitative estimate of drug-likeness (QED) is 0.694.